The lowest BCUT2D eigenvalue weighted by Crippen LogP contribution is -2.13. The zero-order chi connectivity index (χ0) is 13.0. The van der Waals surface area contributed by atoms with E-state index in [9.17, 15) is 0 Å². The van der Waals surface area contributed by atoms with Gasteiger partial charge in [-0.1, -0.05) is 17.7 Å². The van der Waals surface area contributed by atoms with Gasteiger partial charge in [-0.2, -0.15) is 0 Å². The molecule has 2 heterocycles. The quantitative estimate of drug-likeness (QED) is 0.920. The second kappa shape index (κ2) is 5.80. The number of pyridine rings is 2. The maximum Gasteiger partial charge on any atom is 0.224 e. The highest BCUT2D eigenvalue weighted by atomic mass is 35.5. The third-order valence-corrected chi connectivity index (χ3v) is 2.80. The highest BCUT2D eigenvalue weighted by Gasteiger charge is 2.11. The van der Waals surface area contributed by atoms with Crippen LogP contribution in [0.5, 0.6) is 11.6 Å². The molecule has 0 amide bonds. The summed E-state index contributed by atoms with van der Waals surface area (Å²) in [6, 6.07) is 5.71. The minimum atomic E-state index is 0.154. The molecule has 2 aromatic heterocycles. The molecule has 1 atom stereocenters. The van der Waals surface area contributed by atoms with E-state index in [2.05, 4.69) is 15.3 Å². The second-order valence-corrected chi connectivity index (χ2v) is 4.29. The standard InChI is InChI=1S/C13H14ClN3O/c1-9(15-2)12-4-3-5-17-13(12)18-11-6-10(14)7-16-8-11/h3-9,15H,1-2H3. The van der Waals surface area contributed by atoms with Crippen LogP contribution in [0.3, 0.4) is 0 Å². The molecule has 18 heavy (non-hydrogen) atoms. The van der Waals surface area contributed by atoms with E-state index in [0.717, 1.165) is 5.56 Å². The summed E-state index contributed by atoms with van der Waals surface area (Å²) in [4.78, 5) is 8.21. The van der Waals surface area contributed by atoms with Crippen molar-refractivity contribution < 1.29 is 4.74 Å². The minimum absolute atomic E-state index is 0.154. The molecule has 1 unspecified atom stereocenters. The normalized spacial score (nSPS) is 12.2. The first kappa shape index (κ1) is 12.8. The molecule has 94 valence electrons. The van der Waals surface area contributed by atoms with Crippen molar-refractivity contribution in [3.05, 3.63) is 47.4 Å². The minimum Gasteiger partial charge on any atom is -0.437 e. The maximum atomic E-state index is 5.87. The predicted octanol–water partition coefficient (Wildman–Crippen LogP) is 3.20. The molecular formula is C13H14ClN3O. The lowest BCUT2D eigenvalue weighted by atomic mass is 10.1. The van der Waals surface area contributed by atoms with Crippen LogP contribution in [-0.2, 0) is 0 Å². The van der Waals surface area contributed by atoms with E-state index in [1.165, 1.54) is 0 Å². The van der Waals surface area contributed by atoms with Crippen molar-refractivity contribution in [2.75, 3.05) is 7.05 Å². The molecule has 0 aliphatic carbocycles. The SMILES string of the molecule is CNC(C)c1cccnc1Oc1cncc(Cl)c1. The highest BCUT2D eigenvalue weighted by Crippen LogP contribution is 2.27. The first-order valence-electron chi connectivity index (χ1n) is 5.61. The summed E-state index contributed by atoms with van der Waals surface area (Å²) in [5.74, 6) is 1.13. The number of hydrogen-bond donors (Lipinski definition) is 1. The number of nitrogens with one attached hydrogen (secondary N) is 1. The fourth-order valence-corrected chi connectivity index (χ4v) is 1.70. The first-order valence-corrected chi connectivity index (χ1v) is 5.99. The van der Waals surface area contributed by atoms with Crippen LogP contribution in [0.15, 0.2) is 36.8 Å². The molecule has 0 aliphatic heterocycles. The first-order chi connectivity index (χ1) is 8.70. The lowest BCUT2D eigenvalue weighted by molar-refractivity contribution is 0.445. The van der Waals surface area contributed by atoms with Crippen molar-refractivity contribution in [1.82, 2.24) is 15.3 Å². The van der Waals surface area contributed by atoms with Gasteiger partial charge >= 0.3 is 0 Å². The summed E-state index contributed by atoms with van der Waals surface area (Å²) in [6.45, 7) is 2.04. The molecule has 0 saturated carbocycles. The Bertz CT molecular complexity index is 533. The Kier molecular flexibility index (Phi) is 4.12. The van der Waals surface area contributed by atoms with E-state index < -0.39 is 0 Å². The van der Waals surface area contributed by atoms with Crippen molar-refractivity contribution >= 4 is 11.6 Å². The average Bonchev–Trinajstić information content (AvgIpc) is 2.38. The molecule has 0 bridgehead atoms. The molecule has 0 saturated heterocycles. The number of rotatable bonds is 4. The van der Waals surface area contributed by atoms with Gasteiger partial charge in [-0.05, 0) is 20.0 Å². The van der Waals surface area contributed by atoms with Crippen LogP contribution < -0.4 is 10.1 Å². The van der Waals surface area contributed by atoms with Gasteiger partial charge in [0, 0.05) is 30.1 Å². The van der Waals surface area contributed by atoms with E-state index >= 15 is 0 Å². The molecule has 2 rings (SSSR count). The van der Waals surface area contributed by atoms with Crippen LogP contribution >= 0.6 is 11.6 Å². The van der Waals surface area contributed by atoms with Crippen molar-refractivity contribution in [2.45, 2.75) is 13.0 Å². The fourth-order valence-electron chi connectivity index (χ4n) is 1.53. The Hall–Kier alpha value is -1.65. The summed E-state index contributed by atoms with van der Waals surface area (Å²) >= 11 is 5.87. The van der Waals surface area contributed by atoms with Gasteiger partial charge in [-0.25, -0.2) is 4.98 Å². The highest BCUT2D eigenvalue weighted by molar-refractivity contribution is 6.30. The molecule has 2 aromatic rings. The smallest absolute Gasteiger partial charge is 0.224 e. The summed E-state index contributed by atoms with van der Waals surface area (Å²) < 4.78 is 5.72. The fraction of sp³-hybridized carbons (Fsp3) is 0.231. The monoisotopic (exact) mass is 263 g/mol. The molecule has 0 aliphatic rings. The van der Waals surface area contributed by atoms with Gasteiger partial charge in [0.15, 0.2) is 0 Å². The van der Waals surface area contributed by atoms with E-state index in [-0.39, 0.29) is 6.04 Å². The topological polar surface area (TPSA) is 47.0 Å². The van der Waals surface area contributed by atoms with Gasteiger partial charge in [-0.15, -0.1) is 0 Å². The molecule has 5 heteroatoms. The Balaban J connectivity index is 2.29. The zero-order valence-electron chi connectivity index (χ0n) is 10.2. The number of ether oxygens (including phenoxy) is 1. The lowest BCUT2D eigenvalue weighted by Gasteiger charge is -2.14. The van der Waals surface area contributed by atoms with Crippen LogP contribution in [0, 0.1) is 0 Å². The summed E-state index contributed by atoms with van der Waals surface area (Å²) in [5.41, 5.74) is 0.986. The summed E-state index contributed by atoms with van der Waals surface area (Å²) in [7, 11) is 1.89. The van der Waals surface area contributed by atoms with Crippen molar-refractivity contribution in [3.63, 3.8) is 0 Å². The van der Waals surface area contributed by atoms with Gasteiger partial charge in [-0.3, -0.25) is 4.98 Å². The molecule has 0 fully saturated rings. The van der Waals surface area contributed by atoms with Crippen LogP contribution in [0.25, 0.3) is 0 Å². The molecule has 0 radical (unpaired) electrons. The average molecular weight is 264 g/mol. The molecule has 0 aromatic carbocycles. The molecular weight excluding hydrogens is 250 g/mol. The maximum absolute atomic E-state index is 5.87. The predicted molar refractivity (Wildman–Crippen MR) is 71.0 cm³/mol. The zero-order valence-corrected chi connectivity index (χ0v) is 11.0. The Morgan fingerprint density at radius 2 is 2.22 bits per heavy atom. The largest absolute Gasteiger partial charge is 0.437 e. The number of nitrogens with zero attached hydrogens (tertiary/aromatic N) is 2. The van der Waals surface area contributed by atoms with E-state index in [0.29, 0.717) is 16.7 Å². The van der Waals surface area contributed by atoms with Crippen LogP contribution in [-0.4, -0.2) is 17.0 Å². The Morgan fingerprint density at radius 3 is 2.94 bits per heavy atom. The van der Waals surface area contributed by atoms with Gasteiger partial charge in [0.25, 0.3) is 0 Å². The molecule has 0 spiro atoms. The van der Waals surface area contributed by atoms with Crippen LogP contribution in [0.4, 0.5) is 0 Å². The van der Waals surface area contributed by atoms with Crippen molar-refractivity contribution in [1.29, 1.82) is 0 Å². The third-order valence-electron chi connectivity index (χ3n) is 2.59. The Labute approximate surface area is 111 Å². The van der Waals surface area contributed by atoms with E-state index in [1.54, 1.807) is 24.7 Å². The second-order valence-electron chi connectivity index (χ2n) is 3.85. The number of aromatic nitrogens is 2. The van der Waals surface area contributed by atoms with Gasteiger partial charge in [0.2, 0.25) is 5.88 Å². The molecule has 4 nitrogen and oxygen atoms in total. The van der Waals surface area contributed by atoms with Crippen molar-refractivity contribution in [2.24, 2.45) is 0 Å². The number of hydrogen-bond acceptors (Lipinski definition) is 4. The molecule has 1 N–H and O–H groups in total. The van der Waals surface area contributed by atoms with Crippen LogP contribution in [0.1, 0.15) is 18.5 Å². The summed E-state index contributed by atoms with van der Waals surface area (Å²) in [5, 5.41) is 3.69. The summed E-state index contributed by atoms with van der Waals surface area (Å²) in [6.07, 6.45) is 4.86. The van der Waals surface area contributed by atoms with Crippen molar-refractivity contribution in [3.8, 4) is 11.6 Å². The van der Waals surface area contributed by atoms with Gasteiger partial charge < -0.3 is 10.1 Å². The third kappa shape index (κ3) is 2.97. The van der Waals surface area contributed by atoms with E-state index in [1.807, 2.05) is 26.1 Å². The van der Waals surface area contributed by atoms with E-state index in [4.69, 9.17) is 16.3 Å². The van der Waals surface area contributed by atoms with Gasteiger partial charge in [0.05, 0.1) is 11.2 Å². The van der Waals surface area contributed by atoms with Crippen LogP contribution in [0.2, 0.25) is 5.02 Å². The number of halogens is 1. The Morgan fingerprint density at radius 1 is 1.39 bits per heavy atom. The van der Waals surface area contributed by atoms with Gasteiger partial charge in [0.1, 0.15) is 5.75 Å².